The van der Waals surface area contributed by atoms with Gasteiger partial charge in [0.25, 0.3) is 76.5 Å². The fraction of sp³-hybridized carbons (Fsp3) is 0. The lowest BCUT2D eigenvalue weighted by Crippen LogP contribution is -2.08. The molecule has 0 saturated heterocycles. The number of nitro benzene ring substituents is 1. The molecule has 25 N–H and O–H groups in total. The van der Waals surface area contributed by atoms with Gasteiger partial charge in [-0.2, -0.15) is 64.0 Å². The largest absolute Gasteiger partial charge is 0.507 e. The monoisotopic (exact) mass is 1320 g/mol. The third-order valence-corrected chi connectivity index (χ3v) is 16.8. The molecule has 0 amide bonds. The van der Waals surface area contributed by atoms with Gasteiger partial charge < -0.3 is 60.6 Å². The average Bonchev–Trinajstić information content (AvgIpc) is 1.24. The van der Waals surface area contributed by atoms with Gasteiger partial charge in [0.15, 0.2) is 0 Å². The highest BCUT2D eigenvalue weighted by molar-refractivity contribution is 7.87. The number of aromatic hydroxyl groups is 3. The number of hydrogen-bond acceptors (Lipinski definition) is 29. The van der Waals surface area contributed by atoms with Gasteiger partial charge in [-0.05, 0) is 66.7 Å². The number of aromatic carboxylic acids is 1. The number of fused-ring (bicyclic) bond motifs is 2. The van der Waals surface area contributed by atoms with Crippen LogP contribution in [0.15, 0.2) is 123 Å². The van der Waals surface area contributed by atoms with E-state index in [9.17, 15) is 103 Å². The number of carbonyl (C=O) groups is 1. The van der Waals surface area contributed by atoms with Crippen LogP contribution in [0, 0.1) is 10.1 Å². The zero-order valence-electron chi connectivity index (χ0n) is 40.6. The fourth-order valence-electron chi connectivity index (χ4n) is 6.74. The number of anilines is 7. The maximum absolute atomic E-state index is 11.4. The number of phenols is 3. The highest BCUT2D eigenvalue weighted by atomic mass is 32.2. The van der Waals surface area contributed by atoms with Gasteiger partial charge in [0, 0.05) is 28.3 Å². The van der Waals surface area contributed by atoms with Crippen molar-refractivity contribution < 1.29 is 121 Å². The molecule has 0 aromatic heterocycles. The van der Waals surface area contributed by atoms with Crippen molar-refractivity contribution in [2.45, 2.75) is 34.3 Å². The molecule has 0 spiro atoms. The van der Waals surface area contributed by atoms with Gasteiger partial charge in [-0.3, -0.25) is 42.0 Å². The third-order valence-electron chi connectivity index (χ3n) is 10.4. The zero-order chi connectivity index (χ0) is 64.7. The SMILES string of the molecule is Nc1cc(S(=O)(=O)O)c(N=Nc2ccc(O)c(C(=O)O)c2)cc1S(=O)(=O)O.Nc1cc(S(=O)(=O)O)c2cc(S(=O)(=O)O)c(N)c(O)c2c1N.Nc1ccc([N+](=O)[O-])cc1S(=O)(=O)O.Nc1ccc2c(O)c(N)c(S(=O)(=O)O)cc2c1S(=O)(=O)O. The second-order valence-corrected chi connectivity index (χ2v) is 25.7. The Hall–Kier alpha value is -9.10. The highest BCUT2D eigenvalue weighted by Gasteiger charge is 2.29. The van der Waals surface area contributed by atoms with Gasteiger partial charge in [-0.15, -0.1) is 5.11 Å². The van der Waals surface area contributed by atoms with E-state index in [2.05, 4.69) is 10.2 Å². The molecule has 0 heterocycles. The molecule has 454 valence electrons. The van der Waals surface area contributed by atoms with Crippen LogP contribution in [0.1, 0.15) is 10.4 Å². The number of benzene rings is 7. The molecule has 0 atom stereocenters. The van der Waals surface area contributed by atoms with Crippen LogP contribution in [-0.2, 0) is 70.8 Å². The van der Waals surface area contributed by atoms with Crippen LogP contribution in [0.2, 0.25) is 0 Å². The first-order valence-corrected chi connectivity index (χ1v) is 30.7. The molecule has 0 aliphatic heterocycles. The number of nitrogen functional groups attached to an aromatic ring is 7. The van der Waals surface area contributed by atoms with Crippen LogP contribution in [0.5, 0.6) is 17.2 Å². The van der Waals surface area contributed by atoms with E-state index in [1.807, 2.05) is 0 Å². The summed E-state index contributed by atoms with van der Waals surface area (Å²) in [5.41, 5.74) is 33.0. The molecule has 7 aromatic rings. The second kappa shape index (κ2) is 23.6. The number of hydrogen-bond donors (Lipinski definition) is 18. The molecule has 84 heavy (non-hydrogen) atoms. The van der Waals surface area contributed by atoms with Gasteiger partial charge >= 0.3 is 5.97 Å². The summed E-state index contributed by atoms with van der Waals surface area (Å²) >= 11 is 0. The van der Waals surface area contributed by atoms with Crippen molar-refractivity contribution in [3.63, 3.8) is 0 Å². The molecule has 0 radical (unpaired) electrons. The van der Waals surface area contributed by atoms with Gasteiger partial charge in [0.05, 0.1) is 55.8 Å². The summed E-state index contributed by atoms with van der Waals surface area (Å²) in [6.45, 7) is 0. The van der Waals surface area contributed by atoms with Crippen molar-refractivity contribution in [2.24, 2.45) is 10.2 Å². The van der Waals surface area contributed by atoms with E-state index in [4.69, 9.17) is 63.5 Å². The Morgan fingerprint density at radius 1 is 0.429 bits per heavy atom. The maximum Gasteiger partial charge on any atom is 0.339 e. The van der Waals surface area contributed by atoms with Gasteiger partial charge in [0.2, 0.25) is 0 Å². The normalized spacial score (nSPS) is 12.3. The van der Waals surface area contributed by atoms with E-state index in [0.717, 1.165) is 42.5 Å². The standard InChI is InChI=1S/C13H11N3O9S2.C10H11N3O7S2.C10H10N2O7S2.C6H6N2O5S/c14-8-4-12(27(23,24)25)9(5-11(8)26(20,21)22)16-15-6-1-2-10(17)7(3-6)13(18)19;11-4-2-5(21(15,16)17)3-1-6(22(18,19)20)9(13)10(14)7(3)8(4)12;11-6-2-1-4-5(10(6)21(17,18)19)3-7(20(14,15)16)8(12)9(4)13;7-5-2-1-4(8(9)10)3-6(5)14(11,12)13/h1-5,17H,14H2,(H,18,19)(H,20,21,22)(H,23,24,25);1-2,14H,11-13H2,(H,15,16,17)(H,18,19,20);1-3,13H,11-12H2,(H,14,15,16)(H,17,18,19);1-3H,7H2,(H,11,12,13). The molecule has 0 aliphatic carbocycles. The number of nitrogens with two attached hydrogens (primary N) is 7. The molecular formula is C39H38N10O28S7. The second-order valence-electron chi connectivity index (χ2n) is 16.0. The minimum Gasteiger partial charge on any atom is -0.507 e. The predicted octanol–water partition coefficient (Wildman–Crippen LogP) is 1.99. The van der Waals surface area contributed by atoms with E-state index in [-0.39, 0.29) is 39.2 Å². The summed E-state index contributed by atoms with van der Waals surface area (Å²) in [5, 5.41) is 54.1. The summed E-state index contributed by atoms with van der Waals surface area (Å²) in [4.78, 5) is 14.6. The van der Waals surface area contributed by atoms with E-state index in [1.54, 1.807) is 0 Å². The van der Waals surface area contributed by atoms with Crippen LogP contribution in [0.4, 0.5) is 56.9 Å². The number of non-ortho nitro benzene ring substituents is 1. The van der Waals surface area contributed by atoms with Gasteiger partial charge in [-0.1, -0.05) is 0 Å². The number of phenolic OH excluding ortho intramolecular Hbond substituents is 2. The molecule has 0 saturated carbocycles. The minimum atomic E-state index is -4.90. The van der Waals surface area contributed by atoms with Crippen LogP contribution in [0.3, 0.4) is 0 Å². The van der Waals surface area contributed by atoms with E-state index in [0.29, 0.717) is 30.3 Å². The lowest BCUT2D eigenvalue weighted by molar-refractivity contribution is -0.385. The molecule has 7 rings (SSSR count). The smallest absolute Gasteiger partial charge is 0.339 e. The number of carboxylic acid groups (broad SMARTS) is 1. The first-order valence-electron chi connectivity index (χ1n) is 20.7. The predicted molar refractivity (Wildman–Crippen MR) is 290 cm³/mol. The molecule has 7 aromatic carbocycles. The fourth-order valence-corrected chi connectivity index (χ4v) is 11.4. The van der Waals surface area contributed by atoms with Crippen molar-refractivity contribution in [1.29, 1.82) is 0 Å². The number of azo groups is 1. The summed E-state index contributed by atoms with van der Waals surface area (Å²) in [6.07, 6.45) is 0. The van der Waals surface area contributed by atoms with Gasteiger partial charge in [0.1, 0.15) is 62.8 Å². The lowest BCUT2D eigenvalue weighted by Gasteiger charge is -2.14. The topological polar surface area (TPSA) is 729 Å². The van der Waals surface area contributed by atoms with Crippen LogP contribution in [-0.4, -0.2) is 122 Å². The van der Waals surface area contributed by atoms with E-state index < -0.39 is 178 Å². The summed E-state index contributed by atoms with van der Waals surface area (Å²) in [5.74, 6) is -3.67. The van der Waals surface area contributed by atoms with Crippen LogP contribution in [0.25, 0.3) is 21.5 Å². The molecule has 45 heteroatoms. The number of nitrogens with zero attached hydrogens (tertiary/aromatic N) is 3. The molecule has 0 bridgehead atoms. The molecule has 0 aliphatic rings. The summed E-state index contributed by atoms with van der Waals surface area (Å²) < 4.78 is 221. The highest BCUT2D eigenvalue weighted by Crippen LogP contribution is 2.45. The lowest BCUT2D eigenvalue weighted by atomic mass is 10.1. The van der Waals surface area contributed by atoms with Crippen LogP contribution < -0.4 is 40.1 Å². The Bertz CT molecular complexity index is 4820. The Kier molecular flexibility index (Phi) is 19.0. The summed E-state index contributed by atoms with van der Waals surface area (Å²) in [6, 6.07) is 11.4. The Morgan fingerprint density at radius 2 is 0.881 bits per heavy atom. The zero-order valence-corrected chi connectivity index (χ0v) is 46.3. The van der Waals surface area contributed by atoms with E-state index >= 15 is 0 Å². The van der Waals surface area contributed by atoms with Crippen molar-refractivity contribution in [3.05, 3.63) is 94.5 Å². The maximum atomic E-state index is 11.4. The van der Waals surface area contributed by atoms with Crippen molar-refractivity contribution in [2.75, 3.05) is 40.1 Å². The summed E-state index contributed by atoms with van der Waals surface area (Å²) in [7, 11) is -33.6. The average molecular weight is 1320 g/mol. The minimum absolute atomic E-state index is 0.142. The van der Waals surface area contributed by atoms with Gasteiger partial charge in [-0.25, -0.2) is 4.79 Å². The Labute approximate surface area is 470 Å². The molecule has 0 unspecified atom stereocenters. The number of carboxylic acids is 1. The molecule has 0 fully saturated rings. The Balaban J connectivity index is 0.000000246. The van der Waals surface area contributed by atoms with E-state index in [1.165, 1.54) is 6.07 Å². The Morgan fingerprint density at radius 3 is 1.35 bits per heavy atom. The number of nitro groups is 1. The first-order chi connectivity index (χ1) is 37.9. The van der Waals surface area contributed by atoms with Crippen molar-refractivity contribution in [1.82, 2.24) is 0 Å². The van der Waals surface area contributed by atoms with Crippen molar-refractivity contribution >= 4 is 155 Å². The molecular weight excluding hydrogens is 1280 g/mol. The van der Waals surface area contributed by atoms with Crippen molar-refractivity contribution in [3.8, 4) is 17.2 Å². The third kappa shape index (κ3) is 15.3. The quantitative estimate of drug-likeness (QED) is 0.0220. The number of rotatable bonds is 11. The van der Waals surface area contributed by atoms with Crippen LogP contribution >= 0.6 is 0 Å². The first kappa shape index (κ1) is 67.4. The molecule has 38 nitrogen and oxygen atoms in total.